The third-order valence-electron chi connectivity index (χ3n) is 6.25. The summed E-state index contributed by atoms with van der Waals surface area (Å²) in [5, 5.41) is 4.40. The largest absolute Gasteiger partial charge is 0.384 e. The van der Waals surface area contributed by atoms with Gasteiger partial charge in [-0.2, -0.15) is 9.61 Å². The van der Waals surface area contributed by atoms with Crippen LogP contribution < -0.4 is 10.6 Å². The van der Waals surface area contributed by atoms with Crippen LogP contribution in [-0.2, 0) is 11.3 Å². The number of aromatic nitrogens is 3. The van der Waals surface area contributed by atoms with Gasteiger partial charge in [0.05, 0.1) is 11.4 Å². The van der Waals surface area contributed by atoms with E-state index in [1.54, 1.807) is 4.52 Å². The van der Waals surface area contributed by atoms with E-state index in [2.05, 4.69) is 34.3 Å². The molecule has 5 rings (SSSR count). The first-order valence-corrected chi connectivity index (χ1v) is 10.8. The van der Waals surface area contributed by atoms with Gasteiger partial charge < -0.3 is 10.6 Å². The molecule has 1 atom stereocenters. The normalized spacial score (nSPS) is 20.4. The Morgan fingerprint density at radius 2 is 1.97 bits per heavy atom. The van der Waals surface area contributed by atoms with E-state index in [-0.39, 0.29) is 5.91 Å². The van der Waals surface area contributed by atoms with E-state index in [0.29, 0.717) is 18.2 Å². The lowest BCUT2D eigenvalue weighted by atomic mass is 9.94. The average Bonchev–Trinajstić information content (AvgIpc) is 3.34. The Morgan fingerprint density at radius 1 is 1.13 bits per heavy atom. The van der Waals surface area contributed by atoms with Crippen LogP contribution in [0, 0.1) is 6.92 Å². The van der Waals surface area contributed by atoms with Crippen molar-refractivity contribution in [3.8, 4) is 0 Å². The topological polar surface area (TPSA) is 79.8 Å². The monoisotopic (exact) mass is 404 g/mol. The molecule has 0 bridgehead atoms. The standard InChI is InChI=1S/C23H28N6O/c1-16-12-22-25-20(13-21(24)29(22)26-16)18-4-2-10-27(15-18)14-17-6-8-19(9-7-17)28-11-3-5-23(28)30/h6-9,12-13,18H,2-5,10-11,14-15,24H2,1H3. The Labute approximate surface area is 176 Å². The number of aryl methyl sites for hydroxylation is 1. The molecule has 7 heteroatoms. The molecule has 1 unspecified atom stereocenters. The van der Waals surface area contributed by atoms with Gasteiger partial charge in [-0.15, -0.1) is 0 Å². The second-order valence-corrected chi connectivity index (χ2v) is 8.55. The molecule has 0 saturated carbocycles. The number of carbonyl (C=O) groups excluding carboxylic acids is 1. The number of piperidine rings is 1. The number of hydrogen-bond acceptors (Lipinski definition) is 5. The maximum Gasteiger partial charge on any atom is 0.227 e. The highest BCUT2D eigenvalue weighted by Crippen LogP contribution is 2.29. The third-order valence-corrected chi connectivity index (χ3v) is 6.25. The Balaban J connectivity index is 1.28. The zero-order valence-electron chi connectivity index (χ0n) is 17.4. The average molecular weight is 405 g/mol. The Kier molecular flexibility index (Phi) is 4.90. The summed E-state index contributed by atoms with van der Waals surface area (Å²) in [6, 6.07) is 12.4. The summed E-state index contributed by atoms with van der Waals surface area (Å²) in [5.74, 6) is 1.26. The molecule has 2 N–H and O–H groups in total. The second-order valence-electron chi connectivity index (χ2n) is 8.55. The molecule has 2 aliphatic heterocycles. The lowest BCUT2D eigenvalue weighted by Gasteiger charge is -2.32. The number of carbonyl (C=O) groups is 1. The number of nitrogens with zero attached hydrogens (tertiary/aromatic N) is 5. The molecule has 2 aliphatic rings. The minimum Gasteiger partial charge on any atom is -0.384 e. The predicted molar refractivity (Wildman–Crippen MR) is 117 cm³/mol. The molecule has 3 aromatic rings. The Hall–Kier alpha value is -2.93. The van der Waals surface area contributed by atoms with Crippen molar-refractivity contribution in [2.75, 3.05) is 30.3 Å². The van der Waals surface area contributed by atoms with E-state index in [1.165, 1.54) is 5.56 Å². The lowest BCUT2D eigenvalue weighted by molar-refractivity contribution is -0.117. The van der Waals surface area contributed by atoms with Gasteiger partial charge >= 0.3 is 0 Å². The smallest absolute Gasteiger partial charge is 0.227 e. The molecular formula is C23H28N6O. The van der Waals surface area contributed by atoms with Crippen molar-refractivity contribution in [3.05, 3.63) is 53.3 Å². The van der Waals surface area contributed by atoms with Gasteiger partial charge in [-0.1, -0.05) is 12.1 Å². The first kappa shape index (κ1) is 19.1. The highest BCUT2D eigenvalue weighted by Gasteiger charge is 2.24. The summed E-state index contributed by atoms with van der Waals surface area (Å²) in [5.41, 5.74) is 11.3. The summed E-state index contributed by atoms with van der Waals surface area (Å²) >= 11 is 0. The van der Waals surface area contributed by atoms with Gasteiger partial charge in [-0.05, 0) is 50.4 Å². The first-order chi connectivity index (χ1) is 14.6. The Bertz CT molecular complexity index is 1070. The lowest BCUT2D eigenvalue weighted by Crippen LogP contribution is -2.34. The minimum absolute atomic E-state index is 0.235. The van der Waals surface area contributed by atoms with Crippen molar-refractivity contribution in [2.24, 2.45) is 0 Å². The van der Waals surface area contributed by atoms with Gasteiger partial charge in [0.1, 0.15) is 5.82 Å². The number of likely N-dealkylation sites (tertiary alicyclic amines) is 1. The molecule has 2 fully saturated rings. The fraction of sp³-hybridized carbons (Fsp3) is 0.435. The zero-order chi connectivity index (χ0) is 20.7. The van der Waals surface area contributed by atoms with Crippen molar-refractivity contribution in [1.29, 1.82) is 0 Å². The highest BCUT2D eigenvalue weighted by atomic mass is 16.2. The number of anilines is 2. The second kappa shape index (κ2) is 7.72. The van der Waals surface area contributed by atoms with E-state index in [4.69, 9.17) is 10.7 Å². The van der Waals surface area contributed by atoms with Crippen LogP contribution in [0.1, 0.15) is 48.6 Å². The van der Waals surface area contributed by atoms with E-state index in [9.17, 15) is 4.79 Å². The van der Waals surface area contributed by atoms with Gasteiger partial charge in [-0.25, -0.2) is 4.98 Å². The van der Waals surface area contributed by atoms with E-state index < -0.39 is 0 Å². The SMILES string of the molecule is Cc1cc2nc(C3CCCN(Cc4ccc(N5CCCC5=O)cc4)C3)cc(N)n2n1. The summed E-state index contributed by atoms with van der Waals surface area (Å²) in [4.78, 5) is 21.2. The van der Waals surface area contributed by atoms with E-state index >= 15 is 0 Å². The molecule has 4 heterocycles. The quantitative estimate of drug-likeness (QED) is 0.723. The van der Waals surface area contributed by atoms with Crippen molar-refractivity contribution in [1.82, 2.24) is 19.5 Å². The van der Waals surface area contributed by atoms with Gasteiger partial charge in [0, 0.05) is 49.8 Å². The van der Waals surface area contributed by atoms with Crippen LogP contribution in [0.3, 0.4) is 0 Å². The van der Waals surface area contributed by atoms with Crippen molar-refractivity contribution in [3.63, 3.8) is 0 Å². The summed E-state index contributed by atoms with van der Waals surface area (Å²) < 4.78 is 1.71. The van der Waals surface area contributed by atoms with Crippen molar-refractivity contribution in [2.45, 2.75) is 45.1 Å². The van der Waals surface area contributed by atoms with Gasteiger partial charge in [-0.3, -0.25) is 9.69 Å². The Morgan fingerprint density at radius 3 is 2.73 bits per heavy atom. The molecule has 0 radical (unpaired) electrons. The number of rotatable bonds is 4. The number of nitrogen functional groups attached to an aromatic ring is 1. The third kappa shape index (κ3) is 3.65. The molecule has 7 nitrogen and oxygen atoms in total. The number of fused-ring (bicyclic) bond motifs is 1. The van der Waals surface area contributed by atoms with Crippen LogP contribution in [-0.4, -0.2) is 45.0 Å². The minimum atomic E-state index is 0.235. The van der Waals surface area contributed by atoms with Crippen LogP contribution in [0.4, 0.5) is 11.5 Å². The van der Waals surface area contributed by atoms with Crippen LogP contribution in [0.25, 0.3) is 5.65 Å². The van der Waals surface area contributed by atoms with Crippen LogP contribution in [0.2, 0.25) is 0 Å². The number of hydrogen-bond donors (Lipinski definition) is 1. The molecule has 156 valence electrons. The van der Waals surface area contributed by atoms with Gasteiger partial charge in [0.25, 0.3) is 0 Å². The number of amides is 1. The molecule has 2 aromatic heterocycles. The van der Waals surface area contributed by atoms with E-state index in [1.807, 2.05) is 24.0 Å². The number of nitrogens with two attached hydrogens (primary N) is 1. The molecular weight excluding hydrogens is 376 g/mol. The zero-order valence-corrected chi connectivity index (χ0v) is 17.4. The summed E-state index contributed by atoms with van der Waals surface area (Å²) in [7, 11) is 0. The summed E-state index contributed by atoms with van der Waals surface area (Å²) in [6.45, 7) is 5.77. The fourth-order valence-corrected chi connectivity index (χ4v) is 4.74. The van der Waals surface area contributed by atoms with Crippen molar-refractivity contribution >= 4 is 23.1 Å². The molecule has 2 saturated heterocycles. The first-order valence-electron chi connectivity index (χ1n) is 10.8. The molecule has 1 amide bonds. The van der Waals surface area contributed by atoms with Crippen LogP contribution >= 0.6 is 0 Å². The fourth-order valence-electron chi connectivity index (χ4n) is 4.74. The maximum absolute atomic E-state index is 12.0. The number of benzene rings is 1. The van der Waals surface area contributed by atoms with Crippen LogP contribution in [0.5, 0.6) is 0 Å². The molecule has 1 aromatic carbocycles. The molecule has 0 aliphatic carbocycles. The maximum atomic E-state index is 12.0. The van der Waals surface area contributed by atoms with E-state index in [0.717, 1.165) is 68.2 Å². The molecule has 0 spiro atoms. The highest BCUT2D eigenvalue weighted by molar-refractivity contribution is 5.95. The molecule has 30 heavy (non-hydrogen) atoms. The van der Waals surface area contributed by atoms with Crippen molar-refractivity contribution < 1.29 is 4.79 Å². The summed E-state index contributed by atoms with van der Waals surface area (Å²) in [6.07, 6.45) is 3.90. The van der Waals surface area contributed by atoms with Gasteiger partial charge in [0.15, 0.2) is 5.65 Å². The van der Waals surface area contributed by atoms with Gasteiger partial charge in [0.2, 0.25) is 5.91 Å². The van der Waals surface area contributed by atoms with Crippen LogP contribution in [0.15, 0.2) is 36.4 Å². The predicted octanol–water partition coefficient (Wildman–Crippen LogP) is 3.13.